The van der Waals surface area contributed by atoms with Crippen LogP contribution >= 0.6 is 27.3 Å². The molecule has 0 radical (unpaired) electrons. The fourth-order valence-electron chi connectivity index (χ4n) is 3.47. The van der Waals surface area contributed by atoms with E-state index in [4.69, 9.17) is 9.72 Å². The average Bonchev–Trinajstić information content (AvgIpc) is 3.15. The van der Waals surface area contributed by atoms with Crippen LogP contribution in [0.15, 0.2) is 53.0 Å². The molecule has 0 spiro atoms. The molecule has 4 rings (SSSR count). The molecule has 1 aliphatic heterocycles. The molecule has 5 nitrogen and oxygen atoms in total. The van der Waals surface area contributed by atoms with Crippen LogP contribution in [0.5, 0.6) is 0 Å². The third kappa shape index (κ3) is 5.42. The molecule has 1 aromatic heterocycles. The first-order valence-electron chi connectivity index (χ1n) is 9.89. The summed E-state index contributed by atoms with van der Waals surface area (Å²) in [7, 11) is 0. The zero-order valence-corrected chi connectivity index (χ0v) is 18.6. The van der Waals surface area contributed by atoms with Crippen molar-refractivity contribution in [1.82, 2.24) is 9.88 Å². The van der Waals surface area contributed by atoms with E-state index in [0.717, 1.165) is 64.7 Å². The Morgan fingerprint density at radius 1 is 1.17 bits per heavy atom. The number of hydrogen-bond donors (Lipinski definition) is 0. The molecule has 7 heteroatoms. The Labute approximate surface area is 183 Å². The van der Waals surface area contributed by atoms with Gasteiger partial charge in [0.25, 0.3) is 0 Å². The van der Waals surface area contributed by atoms with Gasteiger partial charge in [0.05, 0.1) is 29.9 Å². The van der Waals surface area contributed by atoms with E-state index >= 15 is 0 Å². The van der Waals surface area contributed by atoms with Gasteiger partial charge in [0.2, 0.25) is 5.91 Å². The van der Waals surface area contributed by atoms with Crippen molar-refractivity contribution in [3.8, 4) is 0 Å². The van der Waals surface area contributed by atoms with Crippen LogP contribution in [0.25, 0.3) is 10.2 Å². The van der Waals surface area contributed by atoms with Crippen molar-refractivity contribution in [2.24, 2.45) is 0 Å². The van der Waals surface area contributed by atoms with Crippen molar-refractivity contribution < 1.29 is 9.53 Å². The van der Waals surface area contributed by atoms with Gasteiger partial charge >= 0.3 is 0 Å². The average molecular weight is 474 g/mol. The van der Waals surface area contributed by atoms with E-state index < -0.39 is 0 Å². The first kappa shape index (κ1) is 20.5. The predicted molar refractivity (Wildman–Crippen MR) is 122 cm³/mol. The standard InChI is InChI=1S/C22H24BrN3O2S/c23-18-7-8-19-20(16-18)29-22(24-19)26(10-4-9-25-11-13-28-14-12-25)21(27)15-17-5-2-1-3-6-17/h1-3,5-8,16H,4,9-15H2. The van der Waals surface area contributed by atoms with Crippen LogP contribution in [-0.4, -0.2) is 55.2 Å². The van der Waals surface area contributed by atoms with Gasteiger partial charge in [-0.1, -0.05) is 57.6 Å². The van der Waals surface area contributed by atoms with Gasteiger partial charge in [-0.25, -0.2) is 4.98 Å². The lowest BCUT2D eigenvalue weighted by Crippen LogP contribution is -2.39. The topological polar surface area (TPSA) is 45.7 Å². The molecule has 0 unspecified atom stereocenters. The lowest BCUT2D eigenvalue weighted by atomic mass is 10.1. The monoisotopic (exact) mass is 473 g/mol. The predicted octanol–water partition coefficient (Wildman–Crippen LogP) is 4.36. The lowest BCUT2D eigenvalue weighted by molar-refractivity contribution is -0.118. The Morgan fingerprint density at radius 2 is 1.97 bits per heavy atom. The van der Waals surface area contributed by atoms with Gasteiger partial charge in [-0.15, -0.1) is 0 Å². The van der Waals surface area contributed by atoms with Crippen molar-refractivity contribution in [3.05, 3.63) is 58.6 Å². The molecule has 29 heavy (non-hydrogen) atoms. The second kappa shape index (κ2) is 9.80. The van der Waals surface area contributed by atoms with E-state index in [1.54, 1.807) is 11.3 Å². The summed E-state index contributed by atoms with van der Waals surface area (Å²) in [6, 6.07) is 16.0. The number of morpholine rings is 1. The normalized spacial score (nSPS) is 14.9. The highest BCUT2D eigenvalue weighted by Crippen LogP contribution is 2.31. The Hall–Kier alpha value is -1.80. The van der Waals surface area contributed by atoms with Crippen LogP contribution in [-0.2, 0) is 16.0 Å². The third-order valence-electron chi connectivity index (χ3n) is 5.03. The summed E-state index contributed by atoms with van der Waals surface area (Å²) in [6.07, 6.45) is 1.30. The molecule has 1 saturated heterocycles. The maximum atomic E-state index is 13.2. The maximum absolute atomic E-state index is 13.2. The van der Waals surface area contributed by atoms with Crippen LogP contribution in [0.4, 0.5) is 5.13 Å². The quantitative estimate of drug-likeness (QED) is 0.511. The van der Waals surface area contributed by atoms with E-state index in [0.29, 0.717) is 13.0 Å². The Kier molecular flexibility index (Phi) is 6.92. The first-order chi connectivity index (χ1) is 14.2. The highest BCUT2D eigenvalue weighted by molar-refractivity contribution is 9.10. The molecule has 1 amide bonds. The third-order valence-corrected chi connectivity index (χ3v) is 6.56. The van der Waals surface area contributed by atoms with Crippen molar-refractivity contribution in [2.75, 3.05) is 44.3 Å². The van der Waals surface area contributed by atoms with Crippen molar-refractivity contribution >= 4 is 48.5 Å². The number of rotatable bonds is 7. The van der Waals surface area contributed by atoms with E-state index in [2.05, 4.69) is 26.9 Å². The largest absolute Gasteiger partial charge is 0.379 e. The number of nitrogens with zero attached hydrogens (tertiary/aromatic N) is 3. The number of thiazole rings is 1. The molecule has 2 aromatic carbocycles. The molecular weight excluding hydrogens is 450 g/mol. The molecule has 1 fully saturated rings. The van der Waals surface area contributed by atoms with Gasteiger partial charge in [0.1, 0.15) is 0 Å². The van der Waals surface area contributed by atoms with Crippen LogP contribution < -0.4 is 4.90 Å². The van der Waals surface area contributed by atoms with E-state index in [9.17, 15) is 4.79 Å². The molecule has 152 valence electrons. The Balaban J connectivity index is 1.51. The van der Waals surface area contributed by atoms with Crippen molar-refractivity contribution in [3.63, 3.8) is 0 Å². The van der Waals surface area contributed by atoms with Gasteiger partial charge in [0.15, 0.2) is 5.13 Å². The zero-order valence-electron chi connectivity index (χ0n) is 16.2. The second-order valence-electron chi connectivity index (χ2n) is 7.12. The number of halogens is 1. The van der Waals surface area contributed by atoms with Gasteiger partial charge in [-0.05, 0) is 30.2 Å². The lowest BCUT2D eigenvalue weighted by Gasteiger charge is -2.27. The van der Waals surface area contributed by atoms with Gasteiger partial charge in [0, 0.05) is 30.7 Å². The minimum absolute atomic E-state index is 0.0938. The molecule has 2 heterocycles. The summed E-state index contributed by atoms with van der Waals surface area (Å²) in [4.78, 5) is 22.2. The summed E-state index contributed by atoms with van der Waals surface area (Å²) in [6.45, 7) is 5.16. The summed E-state index contributed by atoms with van der Waals surface area (Å²) in [5.41, 5.74) is 1.96. The molecular formula is C22H24BrN3O2S. The minimum atomic E-state index is 0.0938. The highest BCUT2D eigenvalue weighted by atomic mass is 79.9. The molecule has 0 aliphatic carbocycles. The fraction of sp³-hybridized carbons (Fsp3) is 0.364. The number of amides is 1. The van der Waals surface area contributed by atoms with E-state index in [1.807, 2.05) is 47.4 Å². The second-order valence-corrected chi connectivity index (χ2v) is 9.05. The van der Waals surface area contributed by atoms with Gasteiger partial charge < -0.3 is 4.74 Å². The van der Waals surface area contributed by atoms with Crippen molar-refractivity contribution in [1.29, 1.82) is 0 Å². The number of fused-ring (bicyclic) bond motifs is 1. The number of ether oxygens (including phenoxy) is 1. The summed E-state index contributed by atoms with van der Waals surface area (Å²) < 4.78 is 7.53. The van der Waals surface area contributed by atoms with Crippen LogP contribution in [0, 0.1) is 0 Å². The molecule has 1 aliphatic rings. The number of carbonyl (C=O) groups is 1. The molecule has 0 N–H and O–H groups in total. The number of benzene rings is 2. The van der Waals surface area contributed by atoms with Crippen molar-refractivity contribution in [2.45, 2.75) is 12.8 Å². The molecule has 0 bridgehead atoms. The number of carbonyl (C=O) groups excluding carboxylic acids is 1. The Morgan fingerprint density at radius 3 is 2.76 bits per heavy atom. The maximum Gasteiger partial charge on any atom is 0.233 e. The van der Waals surface area contributed by atoms with Crippen LogP contribution in [0.2, 0.25) is 0 Å². The van der Waals surface area contributed by atoms with E-state index in [-0.39, 0.29) is 5.91 Å². The van der Waals surface area contributed by atoms with Crippen LogP contribution in [0.1, 0.15) is 12.0 Å². The fourth-order valence-corrected chi connectivity index (χ4v) is 5.03. The molecule has 3 aromatic rings. The number of anilines is 1. The smallest absolute Gasteiger partial charge is 0.233 e. The summed E-state index contributed by atoms with van der Waals surface area (Å²) >= 11 is 5.10. The minimum Gasteiger partial charge on any atom is -0.379 e. The van der Waals surface area contributed by atoms with Crippen LogP contribution in [0.3, 0.4) is 0 Å². The molecule has 0 atom stereocenters. The van der Waals surface area contributed by atoms with Gasteiger partial charge in [-0.2, -0.15) is 0 Å². The Bertz CT molecular complexity index is 957. The molecule has 0 saturated carbocycles. The SMILES string of the molecule is O=C(Cc1ccccc1)N(CCCN1CCOCC1)c1nc2ccc(Br)cc2s1. The number of hydrogen-bond acceptors (Lipinski definition) is 5. The van der Waals surface area contributed by atoms with E-state index in [1.165, 1.54) is 0 Å². The number of aromatic nitrogens is 1. The highest BCUT2D eigenvalue weighted by Gasteiger charge is 2.21. The summed E-state index contributed by atoms with van der Waals surface area (Å²) in [5, 5.41) is 0.779. The van der Waals surface area contributed by atoms with Gasteiger partial charge in [-0.3, -0.25) is 14.6 Å². The zero-order chi connectivity index (χ0) is 20.1. The first-order valence-corrected chi connectivity index (χ1v) is 11.5. The summed E-state index contributed by atoms with van der Waals surface area (Å²) in [5.74, 6) is 0.0938.